The van der Waals surface area contributed by atoms with Gasteiger partial charge in [0.25, 0.3) is 0 Å². The number of carbonyl (C=O) groups is 1. The van der Waals surface area contributed by atoms with Gasteiger partial charge < -0.3 is 9.63 Å². The van der Waals surface area contributed by atoms with Crippen LogP contribution in [0.15, 0.2) is 4.52 Å². The highest BCUT2D eigenvalue weighted by Crippen LogP contribution is 2.10. The molecule has 1 N–H and O–H groups in total. The Morgan fingerprint density at radius 2 is 2.31 bits per heavy atom. The fourth-order valence-corrected chi connectivity index (χ4v) is 0.818. The number of carboxylic acid groups (broad SMARTS) is 1. The van der Waals surface area contributed by atoms with E-state index in [1.807, 2.05) is 13.8 Å². The molecular weight excluding hydrogens is 172 g/mol. The summed E-state index contributed by atoms with van der Waals surface area (Å²) in [5, 5.41) is 12.1. The third-order valence-corrected chi connectivity index (χ3v) is 1.55. The van der Waals surface area contributed by atoms with Crippen molar-refractivity contribution < 1.29 is 14.4 Å². The van der Waals surface area contributed by atoms with E-state index in [9.17, 15) is 4.79 Å². The van der Waals surface area contributed by atoms with Crippen molar-refractivity contribution in [3.63, 3.8) is 0 Å². The number of hydrogen-bond acceptors (Lipinski definition) is 4. The second kappa shape index (κ2) is 4.02. The van der Waals surface area contributed by atoms with E-state index in [-0.39, 0.29) is 12.3 Å². The van der Waals surface area contributed by atoms with E-state index in [1.165, 1.54) is 0 Å². The highest BCUT2D eigenvalue weighted by atomic mass is 16.5. The zero-order chi connectivity index (χ0) is 9.84. The maximum Gasteiger partial charge on any atom is 0.303 e. The number of aryl methyl sites for hydroxylation is 1. The Morgan fingerprint density at radius 1 is 1.62 bits per heavy atom. The Bertz CT molecular complexity index is 293. The zero-order valence-corrected chi connectivity index (χ0v) is 7.65. The van der Waals surface area contributed by atoms with Crippen molar-refractivity contribution >= 4 is 5.97 Å². The fourth-order valence-electron chi connectivity index (χ4n) is 0.818. The molecule has 0 saturated carbocycles. The summed E-state index contributed by atoms with van der Waals surface area (Å²) in [7, 11) is 0. The molecule has 0 spiro atoms. The fraction of sp³-hybridized carbons (Fsp3) is 0.625. The molecule has 1 heterocycles. The predicted molar refractivity (Wildman–Crippen MR) is 44.3 cm³/mol. The van der Waals surface area contributed by atoms with Crippen LogP contribution < -0.4 is 0 Å². The van der Waals surface area contributed by atoms with Crippen LogP contribution in [0.2, 0.25) is 0 Å². The van der Waals surface area contributed by atoms with Crippen molar-refractivity contribution in [1.29, 1.82) is 0 Å². The Labute approximate surface area is 75.8 Å². The van der Waals surface area contributed by atoms with E-state index in [0.717, 1.165) is 0 Å². The molecule has 1 aromatic rings. The third kappa shape index (κ3) is 2.85. The Hall–Kier alpha value is -1.39. The van der Waals surface area contributed by atoms with Crippen molar-refractivity contribution in [1.82, 2.24) is 10.1 Å². The van der Waals surface area contributed by atoms with Crippen molar-refractivity contribution in [3.05, 3.63) is 11.7 Å². The molecular formula is C8H12N2O3. The summed E-state index contributed by atoms with van der Waals surface area (Å²) in [5.74, 6) is 0.373. The molecule has 0 aliphatic rings. The molecule has 72 valence electrons. The first-order chi connectivity index (χ1) is 6.09. The molecule has 13 heavy (non-hydrogen) atoms. The van der Waals surface area contributed by atoms with E-state index in [1.54, 1.807) is 0 Å². The van der Waals surface area contributed by atoms with Gasteiger partial charge in [-0.2, -0.15) is 4.98 Å². The molecule has 0 bridgehead atoms. The van der Waals surface area contributed by atoms with Gasteiger partial charge in [0.2, 0.25) is 5.89 Å². The van der Waals surface area contributed by atoms with Gasteiger partial charge in [-0.25, -0.2) is 0 Å². The summed E-state index contributed by atoms with van der Waals surface area (Å²) in [6.07, 6.45) is 0.328. The molecule has 0 aromatic carbocycles. The molecule has 0 radical (unpaired) electrons. The monoisotopic (exact) mass is 184 g/mol. The van der Waals surface area contributed by atoms with Crippen LogP contribution in [-0.2, 0) is 11.2 Å². The largest absolute Gasteiger partial charge is 0.481 e. The summed E-state index contributed by atoms with van der Waals surface area (Å²) < 4.78 is 4.85. The van der Waals surface area contributed by atoms with Crippen LogP contribution in [0, 0.1) is 0 Å². The minimum Gasteiger partial charge on any atom is -0.481 e. The second-order valence-corrected chi connectivity index (χ2v) is 3.09. The number of rotatable bonds is 4. The maximum absolute atomic E-state index is 10.2. The van der Waals surface area contributed by atoms with Crippen LogP contribution in [0.1, 0.15) is 37.9 Å². The molecule has 0 atom stereocenters. The van der Waals surface area contributed by atoms with Crippen LogP contribution >= 0.6 is 0 Å². The lowest BCUT2D eigenvalue weighted by Crippen LogP contribution is -1.98. The van der Waals surface area contributed by atoms with Crippen LogP contribution in [0.5, 0.6) is 0 Å². The van der Waals surface area contributed by atoms with Gasteiger partial charge in [0.05, 0.1) is 6.42 Å². The van der Waals surface area contributed by atoms with Crippen molar-refractivity contribution in [2.45, 2.75) is 32.6 Å². The normalized spacial score (nSPS) is 10.7. The molecule has 5 heteroatoms. The molecule has 0 saturated heterocycles. The predicted octanol–water partition coefficient (Wildman–Crippen LogP) is 1.21. The van der Waals surface area contributed by atoms with Gasteiger partial charge in [0, 0.05) is 12.3 Å². The maximum atomic E-state index is 10.2. The van der Waals surface area contributed by atoms with E-state index in [0.29, 0.717) is 18.1 Å². The Balaban J connectivity index is 2.54. The standard InChI is InChI=1S/C8H12N2O3/c1-5(2)8-9-6(13-10-8)3-4-7(11)12/h5H,3-4H2,1-2H3,(H,11,12). The molecule has 5 nitrogen and oxygen atoms in total. The molecule has 1 aromatic heterocycles. The minimum atomic E-state index is -0.857. The Kier molecular flexibility index (Phi) is 3.00. The topological polar surface area (TPSA) is 76.2 Å². The number of aromatic nitrogens is 2. The number of hydrogen-bond donors (Lipinski definition) is 1. The highest BCUT2D eigenvalue weighted by molar-refractivity contribution is 5.66. The van der Waals surface area contributed by atoms with Gasteiger partial charge in [0.15, 0.2) is 5.82 Å². The molecule has 0 unspecified atom stereocenters. The van der Waals surface area contributed by atoms with E-state index < -0.39 is 5.97 Å². The van der Waals surface area contributed by atoms with Crippen molar-refractivity contribution in [2.75, 3.05) is 0 Å². The lowest BCUT2D eigenvalue weighted by atomic mass is 10.2. The zero-order valence-electron chi connectivity index (χ0n) is 7.65. The van der Waals surface area contributed by atoms with Crippen molar-refractivity contribution in [2.24, 2.45) is 0 Å². The number of carboxylic acids is 1. The molecule has 0 fully saturated rings. The lowest BCUT2D eigenvalue weighted by Gasteiger charge is -1.92. The SMILES string of the molecule is CC(C)c1noc(CCC(=O)O)n1. The lowest BCUT2D eigenvalue weighted by molar-refractivity contribution is -0.137. The van der Waals surface area contributed by atoms with Crippen LogP contribution in [-0.4, -0.2) is 21.2 Å². The summed E-state index contributed by atoms with van der Waals surface area (Å²) >= 11 is 0. The quantitative estimate of drug-likeness (QED) is 0.761. The first-order valence-electron chi connectivity index (χ1n) is 4.14. The number of aliphatic carboxylic acids is 1. The molecule has 0 aliphatic carbocycles. The average molecular weight is 184 g/mol. The summed E-state index contributed by atoms with van der Waals surface area (Å²) in [6.45, 7) is 3.90. The van der Waals surface area contributed by atoms with Gasteiger partial charge in [-0.15, -0.1) is 0 Å². The molecule has 1 rings (SSSR count). The van der Waals surface area contributed by atoms with E-state index >= 15 is 0 Å². The van der Waals surface area contributed by atoms with Crippen molar-refractivity contribution in [3.8, 4) is 0 Å². The van der Waals surface area contributed by atoms with Gasteiger partial charge in [-0.1, -0.05) is 19.0 Å². The Morgan fingerprint density at radius 3 is 2.77 bits per heavy atom. The summed E-state index contributed by atoms with van der Waals surface area (Å²) in [6, 6.07) is 0. The van der Waals surface area contributed by atoms with Gasteiger partial charge in [-0.05, 0) is 0 Å². The van der Waals surface area contributed by atoms with Crippen LogP contribution in [0.4, 0.5) is 0 Å². The smallest absolute Gasteiger partial charge is 0.303 e. The summed E-state index contributed by atoms with van der Waals surface area (Å²) in [5.41, 5.74) is 0. The average Bonchev–Trinajstić information content (AvgIpc) is 2.48. The van der Waals surface area contributed by atoms with Gasteiger partial charge in [-0.3, -0.25) is 4.79 Å². The number of nitrogens with zero attached hydrogens (tertiary/aromatic N) is 2. The second-order valence-electron chi connectivity index (χ2n) is 3.09. The molecule has 0 aliphatic heterocycles. The minimum absolute atomic E-state index is 0.0275. The first-order valence-corrected chi connectivity index (χ1v) is 4.14. The van der Waals surface area contributed by atoms with Gasteiger partial charge in [0.1, 0.15) is 0 Å². The first kappa shape index (κ1) is 9.70. The van der Waals surface area contributed by atoms with Crippen LogP contribution in [0.25, 0.3) is 0 Å². The third-order valence-electron chi connectivity index (χ3n) is 1.55. The van der Waals surface area contributed by atoms with Gasteiger partial charge >= 0.3 is 5.97 Å². The summed E-state index contributed by atoms with van der Waals surface area (Å²) in [4.78, 5) is 14.3. The molecule has 0 amide bonds. The van der Waals surface area contributed by atoms with E-state index in [4.69, 9.17) is 9.63 Å². The van der Waals surface area contributed by atoms with E-state index in [2.05, 4.69) is 10.1 Å². The highest BCUT2D eigenvalue weighted by Gasteiger charge is 2.10. The van der Waals surface area contributed by atoms with Crippen LogP contribution in [0.3, 0.4) is 0 Å².